The van der Waals surface area contributed by atoms with Crippen LogP contribution in [0.2, 0.25) is 0 Å². The van der Waals surface area contributed by atoms with Crippen LogP contribution in [0.25, 0.3) is 0 Å². The lowest BCUT2D eigenvalue weighted by molar-refractivity contribution is -0.384. The molecule has 0 saturated carbocycles. The first-order valence-electron chi connectivity index (χ1n) is 7.00. The summed E-state index contributed by atoms with van der Waals surface area (Å²) in [7, 11) is -4.02. The molecular weight excluding hydrogens is 332 g/mol. The Labute approximate surface area is 139 Å². The number of hydrogen-bond donors (Lipinski definition) is 2. The molecule has 0 amide bonds. The first-order valence-corrected chi connectivity index (χ1v) is 8.55. The normalized spacial score (nSPS) is 11.6. The van der Waals surface area contributed by atoms with E-state index in [1.807, 2.05) is 24.3 Å². The summed E-state index contributed by atoms with van der Waals surface area (Å²) in [4.78, 5) is 10.0. The van der Waals surface area contributed by atoms with Gasteiger partial charge in [-0.3, -0.25) is 15.5 Å². The van der Waals surface area contributed by atoms with Crippen LogP contribution in [0.15, 0.2) is 52.5 Å². The second-order valence-corrected chi connectivity index (χ2v) is 6.51. The van der Waals surface area contributed by atoms with Crippen molar-refractivity contribution in [3.63, 3.8) is 0 Å². The highest BCUT2D eigenvalue weighted by Gasteiger charge is 2.18. The van der Waals surface area contributed by atoms with Crippen molar-refractivity contribution >= 4 is 27.6 Å². The number of nitro groups is 1. The minimum Gasteiger partial charge on any atom is -0.272 e. The Morgan fingerprint density at radius 2 is 1.92 bits per heavy atom. The Bertz CT molecular complexity index is 877. The first kappa shape index (κ1) is 17.6. The molecule has 2 aromatic rings. The van der Waals surface area contributed by atoms with Gasteiger partial charge in [0, 0.05) is 6.07 Å². The molecule has 0 aliphatic heterocycles. The van der Waals surface area contributed by atoms with Crippen molar-refractivity contribution in [2.24, 2.45) is 10.2 Å². The third-order valence-corrected chi connectivity index (χ3v) is 4.19. The first-order chi connectivity index (χ1) is 11.3. The molecule has 2 rings (SSSR count). The molecular formula is C15H16N4O4S. The third-order valence-electron chi connectivity index (χ3n) is 3.28. The second-order valence-electron chi connectivity index (χ2n) is 4.95. The average Bonchev–Trinajstić information content (AvgIpc) is 2.54. The van der Waals surface area contributed by atoms with Gasteiger partial charge < -0.3 is 0 Å². The number of nitro benzene ring substituents is 1. The van der Waals surface area contributed by atoms with Gasteiger partial charge >= 0.3 is 0 Å². The molecule has 0 aliphatic rings. The van der Waals surface area contributed by atoms with Crippen molar-refractivity contribution < 1.29 is 13.3 Å². The van der Waals surface area contributed by atoms with Crippen molar-refractivity contribution in [1.82, 2.24) is 0 Å². The third kappa shape index (κ3) is 4.37. The lowest BCUT2D eigenvalue weighted by Crippen LogP contribution is -2.12. The zero-order valence-electron chi connectivity index (χ0n) is 12.8. The smallest absolute Gasteiger partial charge is 0.272 e. The number of rotatable bonds is 6. The molecule has 8 nitrogen and oxygen atoms in total. The quantitative estimate of drug-likeness (QED) is 0.470. The Morgan fingerprint density at radius 1 is 1.25 bits per heavy atom. The lowest BCUT2D eigenvalue weighted by atomic mass is 10.1. The van der Waals surface area contributed by atoms with Gasteiger partial charge in [-0.1, -0.05) is 31.2 Å². The van der Waals surface area contributed by atoms with Crippen LogP contribution in [0.4, 0.5) is 11.4 Å². The maximum absolute atomic E-state index is 11.3. The topological polar surface area (TPSA) is 128 Å². The van der Waals surface area contributed by atoms with Gasteiger partial charge in [0.25, 0.3) is 5.69 Å². The fourth-order valence-corrected chi connectivity index (χ4v) is 2.48. The van der Waals surface area contributed by atoms with Crippen molar-refractivity contribution in [2.75, 3.05) is 5.43 Å². The van der Waals surface area contributed by atoms with E-state index in [9.17, 15) is 18.5 Å². The van der Waals surface area contributed by atoms with E-state index in [1.165, 1.54) is 23.9 Å². The van der Waals surface area contributed by atoms with Crippen LogP contribution in [-0.2, 0) is 16.4 Å². The van der Waals surface area contributed by atoms with Gasteiger partial charge in [-0.05, 0) is 29.7 Å². The largest absolute Gasteiger partial charge is 0.295 e. The number of hydrogen-bond acceptors (Lipinski definition) is 6. The molecule has 0 radical (unpaired) electrons. The predicted octanol–water partition coefficient (Wildman–Crippen LogP) is 2.25. The van der Waals surface area contributed by atoms with Crippen LogP contribution in [0.3, 0.4) is 0 Å². The summed E-state index contributed by atoms with van der Waals surface area (Å²) in [5.74, 6) is 0. The fraction of sp³-hybridized carbons (Fsp3) is 0.133. The van der Waals surface area contributed by atoms with Gasteiger partial charge in [0.1, 0.15) is 5.69 Å². The summed E-state index contributed by atoms with van der Waals surface area (Å²) in [6.07, 6.45) is 2.44. The Morgan fingerprint density at radius 3 is 2.46 bits per heavy atom. The van der Waals surface area contributed by atoms with E-state index in [4.69, 9.17) is 5.14 Å². The lowest BCUT2D eigenvalue weighted by Gasteiger charge is -2.04. The number of nitrogens with two attached hydrogens (primary N) is 1. The van der Waals surface area contributed by atoms with Crippen molar-refractivity contribution in [2.45, 2.75) is 18.2 Å². The Kier molecular flexibility index (Phi) is 5.27. The zero-order chi connectivity index (χ0) is 17.7. The fourth-order valence-electron chi connectivity index (χ4n) is 1.95. The molecule has 0 heterocycles. The molecule has 0 saturated heterocycles. The van der Waals surface area contributed by atoms with E-state index in [-0.39, 0.29) is 10.6 Å². The summed E-state index contributed by atoms with van der Waals surface area (Å²) in [5, 5.41) is 20.0. The summed E-state index contributed by atoms with van der Waals surface area (Å²) in [6, 6.07) is 11.0. The number of anilines is 1. The zero-order valence-corrected chi connectivity index (χ0v) is 13.7. The van der Waals surface area contributed by atoms with Gasteiger partial charge in [-0.15, -0.1) is 0 Å². The standard InChI is InChI=1S/C15H16N4O4S/c1-2-11-3-5-12(6-4-11)10-17-18-14-8-7-13(24(16,22)23)9-15(14)19(20)21/h3-10,18H,2H2,1H3,(H2,16,22,23). The molecule has 24 heavy (non-hydrogen) atoms. The molecule has 0 fully saturated rings. The summed E-state index contributed by atoms with van der Waals surface area (Å²) in [6.45, 7) is 2.05. The van der Waals surface area contributed by atoms with E-state index in [1.54, 1.807) is 0 Å². The molecule has 9 heteroatoms. The highest BCUT2D eigenvalue weighted by atomic mass is 32.2. The Balaban J connectivity index is 2.22. The molecule has 126 valence electrons. The van der Waals surface area contributed by atoms with Gasteiger partial charge in [-0.25, -0.2) is 13.6 Å². The van der Waals surface area contributed by atoms with Crippen LogP contribution in [0, 0.1) is 10.1 Å². The highest BCUT2D eigenvalue weighted by molar-refractivity contribution is 7.89. The van der Waals surface area contributed by atoms with Crippen LogP contribution >= 0.6 is 0 Å². The van der Waals surface area contributed by atoms with Crippen LogP contribution in [-0.4, -0.2) is 19.6 Å². The number of benzene rings is 2. The number of nitrogens with one attached hydrogen (secondary N) is 1. The predicted molar refractivity (Wildman–Crippen MR) is 91.5 cm³/mol. The maximum Gasteiger partial charge on any atom is 0.295 e. The van der Waals surface area contributed by atoms with Crippen molar-refractivity contribution in [3.8, 4) is 0 Å². The molecule has 0 aliphatic carbocycles. The van der Waals surface area contributed by atoms with Gasteiger partial charge in [0.15, 0.2) is 0 Å². The van der Waals surface area contributed by atoms with Gasteiger partial charge in [0.2, 0.25) is 10.0 Å². The van der Waals surface area contributed by atoms with Crippen LogP contribution in [0.5, 0.6) is 0 Å². The number of primary sulfonamides is 1. The number of nitrogens with zero attached hydrogens (tertiary/aromatic N) is 2. The van der Waals surface area contributed by atoms with Crippen molar-refractivity contribution in [3.05, 3.63) is 63.7 Å². The number of hydrazone groups is 1. The molecule has 0 aromatic heterocycles. The molecule has 2 aromatic carbocycles. The number of aryl methyl sites for hydroxylation is 1. The van der Waals surface area contributed by atoms with Crippen molar-refractivity contribution in [1.29, 1.82) is 0 Å². The molecule has 0 atom stereocenters. The monoisotopic (exact) mass is 348 g/mol. The molecule has 0 spiro atoms. The Hall–Kier alpha value is -2.78. The van der Waals surface area contributed by atoms with E-state index in [2.05, 4.69) is 17.5 Å². The van der Waals surface area contributed by atoms with Crippen LogP contribution < -0.4 is 10.6 Å². The summed E-state index contributed by atoms with van der Waals surface area (Å²) >= 11 is 0. The maximum atomic E-state index is 11.3. The average molecular weight is 348 g/mol. The summed E-state index contributed by atoms with van der Waals surface area (Å²) in [5.41, 5.74) is 4.19. The number of sulfonamides is 1. The molecule has 0 unspecified atom stereocenters. The van der Waals surface area contributed by atoms with E-state index < -0.39 is 20.6 Å². The minimum atomic E-state index is -4.02. The highest BCUT2D eigenvalue weighted by Crippen LogP contribution is 2.27. The van der Waals surface area contributed by atoms with E-state index in [0.717, 1.165) is 18.1 Å². The van der Waals surface area contributed by atoms with Gasteiger partial charge in [-0.2, -0.15) is 5.10 Å². The van der Waals surface area contributed by atoms with E-state index in [0.29, 0.717) is 0 Å². The second kappa shape index (κ2) is 7.20. The minimum absolute atomic E-state index is 0.0637. The molecule has 3 N–H and O–H groups in total. The SMILES string of the molecule is CCc1ccc(C=NNc2ccc(S(N)(=O)=O)cc2[N+](=O)[O-])cc1. The van der Waals surface area contributed by atoms with Crippen LogP contribution in [0.1, 0.15) is 18.1 Å². The van der Waals surface area contributed by atoms with Gasteiger partial charge in [0.05, 0.1) is 16.0 Å². The summed E-state index contributed by atoms with van der Waals surface area (Å²) < 4.78 is 22.6. The van der Waals surface area contributed by atoms with E-state index >= 15 is 0 Å². The molecule has 0 bridgehead atoms.